The van der Waals surface area contributed by atoms with Crippen LogP contribution in [-0.2, 0) is 4.79 Å². The van der Waals surface area contributed by atoms with E-state index in [1.807, 2.05) is 6.08 Å². The average molecular weight is 860 g/mol. The van der Waals surface area contributed by atoms with Crippen LogP contribution in [0.3, 0.4) is 0 Å². The van der Waals surface area contributed by atoms with E-state index in [-0.39, 0.29) is 18.9 Å². The molecule has 0 aromatic carbocycles. The molecule has 0 saturated carbocycles. The standard InChI is InChI=1S/C56H109NO4/c1-3-5-7-9-11-13-15-16-17-18-19-20-21-22-23-24-25-26-27-28-29-30-31-32-33-34-35-36-37-38-40-41-43-45-47-49-53(59)51-56(61)57-54(52-58)55(60)50-48-46-44-42-39-14-12-10-8-6-4-2/h26-27,48,50,53-55,58-60H,3-25,28-47,49,51-52H2,1-2H3,(H,57,61)/b27-26-,50-48+. The zero-order valence-electron chi connectivity index (χ0n) is 41.3. The van der Waals surface area contributed by atoms with E-state index < -0.39 is 18.2 Å². The van der Waals surface area contributed by atoms with Gasteiger partial charge in [0.25, 0.3) is 0 Å². The van der Waals surface area contributed by atoms with Crippen molar-refractivity contribution < 1.29 is 20.1 Å². The number of hydrogen-bond acceptors (Lipinski definition) is 4. The Kier molecular flexibility index (Phi) is 50.5. The SMILES string of the molecule is CCCCCCCCCCC/C=C/C(O)C(CO)NC(=O)CC(O)CCCCCCCCCCCCCCCCC/C=C\CCCCCCCCCCCCCCCCCC. The number of rotatable bonds is 51. The van der Waals surface area contributed by atoms with Gasteiger partial charge in [0.05, 0.1) is 31.3 Å². The quantitative estimate of drug-likeness (QED) is 0.0362. The van der Waals surface area contributed by atoms with Gasteiger partial charge >= 0.3 is 0 Å². The number of unbranched alkanes of at least 4 members (excludes halogenated alkanes) is 40. The molecule has 0 saturated heterocycles. The summed E-state index contributed by atoms with van der Waals surface area (Å²) in [7, 11) is 0. The normalized spacial score (nSPS) is 13.5. The van der Waals surface area contributed by atoms with E-state index in [1.165, 1.54) is 250 Å². The minimum Gasteiger partial charge on any atom is -0.394 e. The molecule has 0 aliphatic carbocycles. The lowest BCUT2D eigenvalue weighted by Crippen LogP contribution is -2.45. The van der Waals surface area contributed by atoms with Gasteiger partial charge in [0, 0.05) is 0 Å². The number of allylic oxidation sites excluding steroid dienone is 3. The molecule has 0 aromatic rings. The number of carbonyl (C=O) groups is 1. The van der Waals surface area contributed by atoms with Gasteiger partial charge in [0.2, 0.25) is 5.91 Å². The lowest BCUT2D eigenvalue weighted by atomic mass is 10.0. The Bertz CT molecular complexity index is 905. The lowest BCUT2D eigenvalue weighted by molar-refractivity contribution is -0.124. The first kappa shape index (κ1) is 59.8. The monoisotopic (exact) mass is 860 g/mol. The van der Waals surface area contributed by atoms with Gasteiger partial charge < -0.3 is 20.6 Å². The van der Waals surface area contributed by atoms with Gasteiger partial charge in [-0.2, -0.15) is 0 Å². The Morgan fingerprint density at radius 1 is 0.410 bits per heavy atom. The van der Waals surface area contributed by atoms with Crippen molar-refractivity contribution in [2.45, 2.75) is 321 Å². The van der Waals surface area contributed by atoms with Crippen LogP contribution in [0.2, 0.25) is 0 Å². The summed E-state index contributed by atoms with van der Waals surface area (Å²) in [6, 6.07) is -0.741. The van der Waals surface area contributed by atoms with Crippen molar-refractivity contribution in [1.82, 2.24) is 5.32 Å². The first-order chi connectivity index (χ1) is 30.0. The summed E-state index contributed by atoms with van der Waals surface area (Å²) in [6.07, 6.45) is 65.3. The van der Waals surface area contributed by atoms with E-state index in [0.717, 1.165) is 25.7 Å². The zero-order chi connectivity index (χ0) is 44.4. The molecule has 61 heavy (non-hydrogen) atoms. The highest BCUT2D eigenvalue weighted by Crippen LogP contribution is 2.17. The topological polar surface area (TPSA) is 89.8 Å². The minimum absolute atomic E-state index is 0.0165. The van der Waals surface area contributed by atoms with Gasteiger partial charge in [-0.3, -0.25) is 4.79 Å². The summed E-state index contributed by atoms with van der Waals surface area (Å²) in [5.74, 6) is -0.313. The van der Waals surface area contributed by atoms with Crippen LogP contribution in [0.4, 0.5) is 0 Å². The maximum atomic E-state index is 12.5. The molecule has 4 N–H and O–H groups in total. The van der Waals surface area contributed by atoms with Gasteiger partial charge in [0.1, 0.15) is 0 Å². The molecule has 0 radical (unpaired) electrons. The first-order valence-corrected chi connectivity index (χ1v) is 27.6. The molecule has 5 heteroatoms. The van der Waals surface area contributed by atoms with Crippen molar-refractivity contribution in [3.63, 3.8) is 0 Å². The molecular formula is C56H109NO4. The van der Waals surface area contributed by atoms with Crippen LogP contribution in [-0.4, -0.2) is 46.1 Å². The van der Waals surface area contributed by atoms with Crippen molar-refractivity contribution >= 4 is 5.91 Å². The van der Waals surface area contributed by atoms with E-state index in [4.69, 9.17) is 0 Å². The van der Waals surface area contributed by atoms with E-state index in [9.17, 15) is 20.1 Å². The second-order valence-corrected chi connectivity index (χ2v) is 19.2. The molecule has 0 aromatic heterocycles. The van der Waals surface area contributed by atoms with Gasteiger partial charge in [-0.05, 0) is 44.9 Å². The molecule has 0 rings (SSSR count). The summed E-state index contributed by atoms with van der Waals surface area (Å²) < 4.78 is 0. The van der Waals surface area contributed by atoms with Crippen molar-refractivity contribution in [3.8, 4) is 0 Å². The molecular weight excluding hydrogens is 751 g/mol. The molecule has 362 valence electrons. The van der Waals surface area contributed by atoms with E-state index in [1.54, 1.807) is 6.08 Å². The van der Waals surface area contributed by atoms with Crippen LogP contribution in [0.5, 0.6) is 0 Å². The summed E-state index contributed by atoms with van der Waals surface area (Å²) in [4.78, 5) is 12.5. The second-order valence-electron chi connectivity index (χ2n) is 19.2. The molecule has 0 aliphatic rings. The smallest absolute Gasteiger partial charge is 0.222 e. The lowest BCUT2D eigenvalue weighted by Gasteiger charge is -2.21. The van der Waals surface area contributed by atoms with Crippen molar-refractivity contribution in [2.75, 3.05) is 6.61 Å². The highest BCUT2D eigenvalue weighted by Gasteiger charge is 2.20. The molecule has 5 nitrogen and oxygen atoms in total. The molecule has 0 heterocycles. The predicted octanol–water partition coefficient (Wildman–Crippen LogP) is 16.9. The minimum atomic E-state index is -0.925. The maximum absolute atomic E-state index is 12.5. The molecule has 3 unspecified atom stereocenters. The van der Waals surface area contributed by atoms with Gasteiger partial charge in [-0.1, -0.05) is 276 Å². The molecule has 0 aliphatic heterocycles. The number of amides is 1. The maximum Gasteiger partial charge on any atom is 0.222 e. The zero-order valence-corrected chi connectivity index (χ0v) is 41.3. The van der Waals surface area contributed by atoms with Crippen LogP contribution in [0.25, 0.3) is 0 Å². The number of nitrogens with one attached hydrogen (secondary N) is 1. The van der Waals surface area contributed by atoms with Crippen LogP contribution < -0.4 is 5.32 Å². The Hall–Kier alpha value is -1.17. The predicted molar refractivity (Wildman–Crippen MR) is 268 cm³/mol. The Balaban J connectivity index is 3.45. The van der Waals surface area contributed by atoms with Crippen molar-refractivity contribution in [2.24, 2.45) is 0 Å². The van der Waals surface area contributed by atoms with Crippen LogP contribution in [0.1, 0.15) is 303 Å². The third kappa shape index (κ3) is 48.1. The third-order valence-corrected chi connectivity index (χ3v) is 13.0. The summed E-state index contributed by atoms with van der Waals surface area (Å²) >= 11 is 0. The Morgan fingerprint density at radius 2 is 0.689 bits per heavy atom. The third-order valence-electron chi connectivity index (χ3n) is 13.0. The van der Waals surface area contributed by atoms with Crippen LogP contribution in [0, 0.1) is 0 Å². The summed E-state index contributed by atoms with van der Waals surface area (Å²) in [5.41, 5.74) is 0. The molecule has 0 bridgehead atoms. The average Bonchev–Trinajstić information content (AvgIpc) is 3.25. The summed E-state index contributed by atoms with van der Waals surface area (Å²) in [5, 5.41) is 33.3. The molecule has 3 atom stereocenters. The number of hydrogen-bond donors (Lipinski definition) is 4. The van der Waals surface area contributed by atoms with Gasteiger partial charge in [-0.25, -0.2) is 0 Å². The van der Waals surface area contributed by atoms with Gasteiger partial charge in [-0.15, -0.1) is 0 Å². The fourth-order valence-corrected chi connectivity index (χ4v) is 8.75. The molecule has 0 fully saturated rings. The second kappa shape index (κ2) is 51.5. The first-order valence-electron chi connectivity index (χ1n) is 27.6. The molecule has 0 spiro atoms. The fourth-order valence-electron chi connectivity index (χ4n) is 8.75. The van der Waals surface area contributed by atoms with E-state index in [2.05, 4.69) is 31.3 Å². The van der Waals surface area contributed by atoms with Crippen molar-refractivity contribution in [3.05, 3.63) is 24.3 Å². The Labute approximate surface area is 382 Å². The number of aliphatic hydroxyl groups is 3. The van der Waals surface area contributed by atoms with Gasteiger partial charge in [0.15, 0.2) is 0 Å². The van der Waals surface area contributed by atoms with Crippen LogP contribution >= 0.6 is 0 Å². The fraction of sp³-hybridized carbons (Fsp3) is 0.911. The van der Waals surface area contributed by atoms with Crippen LogP contribution in [0.15, 0.2) is 24.3 Å². The Morgan fingerprint density at radius 3 is 1.00 bits per heavy atom. The number of aliphatic hydroxyl groups excluding tert-OH is 3. The number of carbonyl (C=O) groups excluding carboxylic acids is 1. The van der Waals surface area contributed by atoms with Crippen molar-refractivity contribution in [1.29, 1.82) is 0 Å². The summed E-state index contributed by atoms with van der Waals surface area (Å²) in [6.45, 7) is 4.22. The van der Waals surface area contributed by atoms with E-state index in [0.29, 0.717) is 6.42 Å². The highest BCUT2D eigenvalue weighted by atomic mass is 16.3. The highest BCUT2D eigenvalue weighted by molar-refractivity contribution is 5.76. The van der Waals surface area contributed by atoms with E-state index >= 15 is 0 Å². The molecule has 1 amide bonds. The largest absolute Gasteiger partial charge is 0.394 e.